The number of nitrogen functional groups attached to an aromatic ring is 1. The number of halogens is 1. The summed E-state index contributed by atoms with van der Waals surface area (Å²) in [5.74, 6) is -0.454. The smallest absolute Gasteiger partial charge is 0.261 e. The first-order chi connectivity index (χ1) is 15.4. The highest BCUT2D eigenvalue weighted by Crippen LogP contribution is 2.37. The molecule has 1 aliphatic carbocycles. The second kappa shape index (κ2) is 7.86. The van der Waals surface area contributed by atoms with Crippen molar-refractivity contribution in [2.24, 2.45) is 0 Å². The highest BCUT2D eigenvalue weighted by molar-refractivity contribution is 7.92. The number of hydrogen-bond donors (Lipinski definition) is 2. The Morgan fingerprint density at radius 3 is 2.53 bits per heavy atom. The predicted molar refractivity (Wildman–Crippen MR) is 120 cm³/mol. The maximum atomic E-state index is 15.0. The minimum absolute atomic E-state index is 0.0506. The standard InChI is InChI=1S/C22H21FN6O2S/c23-17-12-14(10-11-18(17)28-32(30,31)16-8-2-1-3-9-16)20-19-21(24)25-13-26-22(19)29(27-20)15-6-4-5-7-15/h1-3,8-13,15,28H,4-7H2,(H2,24,25,26). The van der Waals surface area contributed by atoms with Crippen LogP contribution in [0.2, 0.25) is 0 Å². The summed E-state index contributed by atoms with van der Waals surface area (Å²) in [6.07, 6.45) is 5.62. The average Bonchev–Trinajstić information content (AvgIpc) is 3.44. The van der Waals surface area contributed by atoms with E-state index in [4.69, 9.17) is 10.8 Å². The van der Waals surface area contributed by atoms with E-state index >= 15 is 0 Å². The van der Waals surface area contributed by atoms with Crippen molar-refractivity contribution in [2.45, 2.75) is 36.6 Å². The molecule has 8 nitrogen and oxygen atoms in total. The summed E-state index contributed by atoms with van der Waals surface area (Å²) in [6, 6.07) is 12.2. The SMILES string of the molecule is Nc1ncnc2c1c(-c1ccc(NS(=O)(=O)c3ccccc3)c(F)c1)nn2C1CCCC1. The van der Waals surface area contributed by atoms with E-state index < -0.39 is 15.8 Å². The Kier molecular flexibility index (Phi) is 5.01. The Balaban J connectivity index is 1.55. The summed E-state index contributed by atoms with van der Waals surface area (Å²) in [4.78, 5) is 8.51. The number of nitrogens with two attached hydrogens (primary N) is 1. The van der Waals surface area contributed by atoms with E-state index in [0.717, 1.165) is 25.7 Å². The second-order valence-electron chi connectivity index (χ2n) is 7.80. The normalized spacial score (nSPS) is 14.8. The summed E-state index contributed by atoms with van der Waals surface area (Å²) >= 11 is 0. The average molecular weight is 453 g/mol. The van der Waals surface area contributed by atoms with E-state index in [9.17, 15) is 12.8 Å². The minimum atomic E-state index is -3.91. The molecule has 2 aromatic heterocycles. The fourth-order valence-corrected chi connectivity index (χ4v) is 5.24. The summed E-state index contributed by atoms with van der Waals surface area (Å²) < 4.78 is 44.2. The molecule has 0 unspecified atom stereocenters. The van der Waals surface area contributed by atoms with Crippen molar-refractivity contribution in [3.05, 3.63) is 60.7 Å². The Morgan fingerprint density at radius 2 is 1.81 bits per heavy atom. The van der Waals surface area contributed by atoms with Crippen molar-refractivity contribution in [3.8, 4) is 11.3 Å². The lowest BCUT2D eigenvalue weighted by Crippen LogP contribution is -2.13. The predicted octanol–water partition coefficient (Wildman–Crippen LogP) is 4.13. The van der Waals surface area contributed by atoms with Crippen LogP contribution in [0.25, 0.3) is 22.3 Å². The summed E-state index contributed by atoms with van der Waals surface area (Å²) in [5.41, 5.74) is 7.54. The molecule has 3 N–H and O–H groups in total. The van der Waals surface area contributed by atoms with E-state index in [-0.39, 0.29) is 22.4 Å². The number of nitrogens with zero attached hydrogens (tertiary/aromatic N) is 4. The summed E-state index contributed by atoms with van der Waals surface area (Å²) in [7, 11) is -3.91. The van der Waals surface area contributed by atoms with Gasteiger partial charge in [-0.25, -0.2) is 27.5 Å². The van der Waals surface area contributed by atoms with Crippen molar-refractivity contribution < 1.29 is 12.8 Å². The first-order valence-electron chi connectivity index (χ1n) is 10.3. The molecule has 164 valence electrons. The van der Waals surface area contributed by atoms with Crippen LogP contribution in [-0.2, 0) is 10.0 Å². The fraction of sp³-hybridized carbons (Fsp3) is 0.227. The van der Waals surface area contributed by atoms with Crippen LogP contribution in [0.15, 0.2) is 59.8 Å². The third-order valence-electron chi connectivity index (χ3n) is 5.73. The Morgan fingerprint density at radius 1 is 1.06 bits per heavy atom. The van der Waals surface area contributed by atoms with Crippen LogP contribution in [0.3, 0.4) is 0 Å². The quantitative estimate of drug-likeness (QED) is 0.470. The van der Waals surface area contributed by atoms with Gasteiger partial charge in [-0.1, -0.05) is 37.1 Å². The summed E-state index contributed by atoms with van der Waals surface area (Å²) in [6.45, 7) is 0. The second-order valence-corrected chi connectivity index (χ2v) is 9.48. The van der Waals surface area contributed by atoms with E-state index in [0.29, 0.717) is 22.3 Å². The van der Waals surface area contributed by atoms with Gasteiger partial charge < -0.3 is 5.73 Å². The lowest BCUT2D eigenvalue weighted by Gasteiger charge is -2.10. The van der Waals surface area contributed by atoms with Gasteiger partial charge in [-0.3, -0.25) is 4.72 Å². The van der Waals surface area contributed by atoms with Crippen molar-refractivity contribution >= 4 is 32.6 Å². The van der Waals surface area contributed by atoms with Gasteiger partial charge in [0.1, 0.15) is 23.7 Å². The van der Waals surface area contributed by atoms with Gasteiger partial charge in [0.2, 0.25) is 0 Å². The molecule has 1 saturated carbocycles. The largest absolute Gasteiger partial charge is 0.383 e. The molecule has 0 bridgehead atoms. The number of sulfonamides is 1. The monoisotopic (exact) mass is 452 g/mol. The molecule has 0 radical (unpaired) electrons. The molecule has 0 saturated heterocycles. The number of anilines is 2. The molecule has 0 atom stereocenters. The molecule has 2 heterocycles. The van der Waals surface area contributed by atoms with Gasteiger partial charge in [-0.05, 0) is 37.1 Å². The molecule has 1 aliphatic rings. The van der Waals surface area contributed by atoms with Gasteiger partial charge in [0.25, 0.3) is 10.0 Å². The van der Waals surface area contributed by atoms with Crippen LogP contribution in [0.4, 0.5) is 15.9 Å². The van der Waals surface area contributed by atoms with Crippen LogP contribution in [0, 0.1) is 5.82 Å². The maximum Gasteiger partial charge on any atom is 0.261 e. The van der Waals surface area contributed by atoms with E-state index in [2.05, 4.69) is 14.7 Å². The van der Waals surface area contributed by atoms with Crippen molar-refractivity contribution in [2.75, 3.05) is 10.5 Å². The first kappa shape index (κ1) is 20.4. The van der Waals surface area contributed by atoms with Crippen molar-refractivity contribution in [3.63, 3.8) is 0 Å². The third-order valence-corrected chi connectivity index (χ3v) is 7.11. The summed E-state index contributed by atoms with van der Waals surface area (Å²) in [5, 5.41) is 5.29. The number of hydrogen-bond acceptors (Lipinski definition) is 6. The zero-order chi connectivity index (χ0) is 22.3. The number of fused-ring (bicyclic) bond motifs is 1. The maximum absolute atomic E-state index is 15.0. The molecule has 0 spiro atoms. The van der Waals surface area contributed by atoms with Crippen LogP contribution in [0.1, 0.15) is 31.7 Å². The third kappa shape index (κ3) is 3.56. The Bertz CT molecular complexity index is 1400. The lowest BCUT2D eigenvalue weighted by atomic mass is 10.1. The Labute approximate surface area is 184 Å². The molecule has 0 aliphatic heterocycles. The molecular formula is C22H21FN6O2S. The minimum Gasteiger partial charge on any atom is -0.383 e. The molecule has 1 fully saturated rings. The molecule has 2 aromatic carbocycles. The van der Waals surface area contributed by atoms with Crippen molar-refractivity contribution in [1.82, 2.24) is 19.7 Å². The molecule has 32 heavy (non-hydrogen) atoms. The number of aromatic nitrogens is 4. The molecule has 5 rings (SSSR count). The van der Waals surface area contributed by atoms with Gasteiger partial charge in [-0.2, -0.15) is 5.10 Å². The number of benzene rings is 2. The molecule has 4 aromatic rings. The van der Waals surface area contributed by atoms with Crippen LogP contribution in [-0.4, -0.2) is 28.2 Å². The highest BCUT2D eigenvalue weighted by Gasteiger charge is 2.25. The zero-order valence-electron chi connectivity index (χ0n) is 17.1. The fourth-order valence-electron chi connectivity index (χ4n) is 4.15. The van der Waals surface area contributed by atoms with Gasteiger partial charge >= 0.3 is 0 Å². The highest BCUT2D eigenvalue weighted by atomic mass is 32.2. The van der Waals surface area contributed by atoms with Gasteiger partial charge in [0, 0.05) is 5.56 Å². The molecule has 0 amide bonds. The zero-order valence-corrected chi connectivity index (χ0v) is 17.9. The van der Waals surface area contributed by atoms with Gasteiger partial charge in [0.15, 0.2) is 5.65 Å². The first-order valence-corrected chi connectivity index (χ1v) is 11.8. The van der Waals surface area contributed by atoms with Gasteiger partial charge in [0.05, 0.1) is 22.0 Å². The molecular weight excluding hydrogens is 431 g/mol. The topological polar surface area (TPSA) is 116 Å². The number of rotatable bonds is 5. The number of nitrogens with one attached hydrogen (secondary N) is 1. The lowest BCUT2D eigenvalue weighted by molar-refractivity contribution is 0.479. The van der Waals surface area contributed by atoms with Gasteiger partial charge in [-0.15, -0.1) is 0 Å². The Hall–Kier alpha value is -3.53. The van der Waals surface area contributed by atoms with E-state index in [1.807, 2.05) is 4.68 Å². The van der Waals surface area contributed by atoms with E-state index in [1.54, 1.807) is 24.3 Å². The molecule has 10 heteroatoms. The van der Waals surface area contributed by atoms with Crippen molar-refractivity contribution in [1.29, 1.82) is 0 Å². The van der Waals surface area contributed by atoms with Crippen LogP contribution < -0.4 is 10.5 Å². The van der Waals surface area contributed by atoms with Crippen LogP contribution in [0.5, 0.6) is 0 Å². The van der Waals surface area contributed by atoms with Crippen LogP contribution >= 0.6 is 0 Å². The van der Waals surface area contributed by atoms with E-state index in [1.165, 1.54) is 30.6 Å².